The lowest BCUT2D eigenvalue weighted by atomic mass is 9.33. The second kappa shape index (κ2) is 9.22. The summed E-state index contributed by atoms with van der Waals surface area (Å²) in [5, 5.41) is 31.3. The summed E-state index contributed by atoms with van der Waals surface area (Å²) < 4.78 is 0. The van der Waals surface area contributed by atoms with Gasteiger partial charge in [-0.3, -0.25) is 9.59 Å². The van der Waals surface area contributed by atoms with Gasteiger partial charge in [-0.05, 0) is 127 Å². The number of aliphatic carboxylic acids is 1. The summed E-state index contributed by atoms with van der Waals surface area (Å²) in [4.78, 5) is 27.0. The van der Waals surface area contributed by atoms with Crippen molar-refractivity contribution in [2.45, 2.75) is 99.8 Å². The average molecular weight is 575 g/mol. The molecule has 228 valence electrons. The van der Waals surface area contributed by atoms with Gasteiger partial charge in [0.15, 0.2) is 5.78 Å². The van der Waals surface area contributed by atoms with Crippen molar-refractivity contribution in [2.75, 3.05) is 0 Å². The highest BCUT2D eigenvalue weighted by atomic mass is 16.4. The van der Waals surface area contributed by atoms with E-state index in [2.05, 4.69) is 54.5 Å². The molecule has 0 spiro atoms. The Morgan fingerprint density at radius 2 is 1.67 bits per heavy atom. The van der Waals surface area contributed by atoms with E-state index in [1.807, 2.05) is 6.08 Å². The van der Waals surface area contributed by atoms with Gasteiger partial charge in [0.1, 0.15) is 11.5 Å². The zero-order valence-electron chi connectivity index (χ0n) is 26.6. The first kappa shape index (κ1) is 29.5. The van der Waals surface area contributed by atoms with Crippen molar-refractivity contribution in [3.8, 4) is 11.5 Å². The molecule has 0 aromatic heterocycles. The number of hydrogen-bond donors (Lipinski definition) is 3. The third kappa shape index (κ3) is 3.67. The maximum Gasteiger partial charge on any atom is 0.310 e. The molecule has 9 atom stereocenters. The largest absolute Gasteiger partial charge is 0.508 e. The number of phenols is 2. The van der Waals surface area contributed by atoms with Gasteiger partial charge in [0.05, 0.1) is 5.41 Å². The lowest BCUT2D eigenvalue weighted by Crippen LogP contribution is -2.65. The second-order valence-corrected chi connectivity index (χ2v) is 16.2. The molecule has 4 saturated carbocycles. The van der Waals surface area contributed by atoms with Crippen LogP contribution in [0.1, 0.15) is 105 Å². The minimum atomic E-state index is -0.653. The molecule has 0 aliphatic heterocycles. The maximum atomic E-state index is 14.0. The van der Waals surface area contributed by atoms with Crippen LogP contribution < -0.4 is 0 Å². The molecule has 0 bridgehead atoms. The van der Waals surface area contributed by atoms with Crippen molar-refractivity contribution in [1.82, 2.24) is 0 Å². The Balaban J connectivity index is 1.46. The standard InChI is InChI=1S/C37H50O5/c1-21-12-15-37(32(41)42)17-16-35(6)26(30(37)22(21)2)9-11-29-34(5)20-24(18-23-19-25(38)8-10-27(23)39)31(40)33(3,4)28(34)13-14-36(29,35)7/h8-10,18-19,21-22,28-30,38-39H,11-17,20H2,1-7H3,(H,41,42)/b24-18+/t21-,22+,28+,29-,30+,34+,35-,36-,37+/m1/s1. The number of fused-ring (bicyclic) bond motifs is 7. The molecule has 5 aliphatic rings. The van der Waals surface area contributed by atoms with Gasteiger partial charge in [0.25, 0.3) is 0 Å². The topological polar surface area (TPSA) is 94.8 Å². The molecule has 1 aromatic carbocycles. The summed E-state index contributed by atoms with van der Waals surface area (Å²) in [5.74, 6) is 1.17. The molecule has 3 N–H and O–H groups in total. The summed E-state index contributed by atoms with van der Waals surface area (Å²) in [6, 6.07) is 4.46. The number of carboxylic acids is 1. The fraction of sp³-hybridized carbons (Fsp3) is 0.676. The van der Waals surface area contributed by atoms with E-state index in [-0.39, 0.29) is 45.4 Å². The SMILES string of the molecule is C[C@H]1[C@H](C)CC[C@]2(C(=O)O)CC[C@]3(C)C(=CC[C@@H]4[C@@]5(C)C/C(=C\c6cc(O)ccc6O)C(=O)C(C)(C)[C@@H]5CC[C@]43C)[C@H]12. The molecule has 6 rings (SSSR count). The highest BCUT2D eigenvalue weighted by Crippen LogP contribution is 2.75. The van der Waals surface area contributed by atoms with Crippen LogP contribution in [0.5, 0.6) is 11.5 Å². The molecule has 5 heteroatoms. The summed E-state index contributed by atoms with van der Waals surface area (Å²) in [5.41, 5.74) is 1.19. The van der Waals surface area contributed by atoms with Crippen LogP contribution in [0.15, 0.2) is 35.4 Å². The minimum absolute atomic E-state index is 0.0118. The Morgan fingerprint density at radius 1 is 0.952 bits per heavy atom. The number of aromatic hydroxyl groups is 2. The zero-order chi connectivity index (χ0) is 30.6. The molecule has 42 heavy (non-hydrogen) atoms. The van der Waals surface area contributed by atoms with E-state index in [1.165, 1.54) is 23.8 Å². The zero-order valence-corrected chi connectivity index (χ0v) is 26.6. The van der Waals surface area contributed by atoms with Crippen LogP contribution in [0.2, 0.25) is 0 Å². The second-order valence-electron chi connectivity index (χ2n) is 16.2. The van der Waals surface area contributed by atoms with Crippen molar-refractivity contribution in [2.24, 2.45) is 56.7 Å². The van der Waals surface area contributed by atoms with E-state index in [9.17, 15) is 24.9 Å². The number of allylic oxidation sites excluding steroid dienone is 3. The molecular formula is C37H50O5. The number of carbonyl (C=O) groups is 2. The smallest absolute Gasteiger partial charge is 0.310 e. The van der Waals surface area contributed by atoms with Gasteiger partial charge >= 0.3 is 5.97 Å². The van der Waals surface area contributed by atoms with E-state index < -0.39 is 16.8 Å². The summed E-state index contributed by atoms with van der Waals surface area (Å²) >= 11 is 0. The van der Waals surface area contributed by atoms with E-state index in [1.54, 1.807) is 0 Å². The number of carbonyl (C=O) groups excluding carboxylic acids is 1. The van der Waals surface area contributed by atoms with Gasteiger partial charge in [0, 0.05) is 11.0 Å². The molecule has 4 fully saturated rings. The summed E-state index contributed by atoms with van der Waals surface area (Å²) in [7, 11) is 0. The van der Waals surface area contributed by atoms with Crippen LogP contribution in [-0.4, -0.2) is 27.1 Å². The number of Topliss-reactive ketones (excluding diaryl/α,β-unsaturated/α-hetero) is 1. The Hall–Kier alpha value is -2.56. The van der Waals surface area contributed by atoms with Gasteiger partial charge in [0.2, 0.25) is 0 Å². The molecule has 0 radical (unpaired) electrons. The number of rotatable bonds is 2. The number of hydrogen-bond acceptors (Lipinski definition) is 4. The third-order valence-corrected chi connectivity index (χ3v) is 14.3. The molecule has 5 nitrogen and oxygen atoms in total. The van der Waals surface area contributed by atoms with E-state index in [0.717, 1.165) is 50.5 Å². The maximum absolute atomic E-state index is 14.0. The molecule has 0 amide bonds. The monoisotopic (exact) mass is 574 g/mol. The lowest BCUT2D eigenvalue weighted by molar-refractivity contribution is -0.185. The van der Waals surface area contributed by atoms with E-state index >= 15 is 0 Å². The van der Waals surface area contributed by atoms with Crippen LogP contribution in [0.25, 0.3) is 6.08 Å². The molecular weight excluding hydrogens is 524 g/mol. The van der Waals surface area contributed by atoms with E-state index in [0.29, 0.717) is 29.7 Å². The fourth-order valence-electron chi connectivity index (χ4n) is 11.7. The van der Waals surface area contributed by atoms with Crippen LogP contribution in [0, 0.1) is 56.7 Å². The number of phenolic OH excluding ortho intramolecular Hbond substituents is 2. The van der Waals surface area contributed by atoms with Crippen molar-refractivity contribution >= 4 is 17.8 Å². The van der Waals surface area contributed by atoms with Crippen molar-refractivity contribution in [3.63, 3.8) is 0 Å². The lowest BCUT2D eigenvalue weighted by Gasteiger charge is -2.70. The molecule has 0 unspecified atom stereocenters. The third-order valence-electron chi connectivity index (χ3n) is 14.3. The predicted octanol–water partition coefficient (Wildman–Crippen LogP) is 8.40. The van der Waals surface area contributed by atoms with Crippen LogP contribution >= 0.6 is 0 Å². The van der Waals surface area contributed by atoms with Crippen LogP contribution in [0.3, 0.4) is 0 Å². The van der Waals surface area contributed by atoms with E-state index in [4.69, 9.17) is 0 Å². The van der Waals surface area contributed by atoms with Gasteiger partial charge < -0.3 is 15.3 Å². The Labute approximate surface area is 251 Å². The number of ketones is 1. The quantitative estimate of drug-likeness (QED) is 0.187. The molecule has 0 saturated heterocycles. The Bertz CT molecular complexity index is 1400. The van der Waals surface area contributed by atoms with Gasteiger partial charge in [-0.25, -0.2) is 0 Å². The first-order chi connectivity index (χ1) is 19.5. The summed E-state index contributed by atoms with van der Waals surface area (Å²) in [6.45, 7) is 16.2. The minimum Gasteiger partial charge on any atom is -0.508 e. The first-order valence-corrected chi connectivity index (χ1v) is 16.2. The van der Waals surface area contributed by atoms with Crippen molar-refractivity contribution in [1.29, 1.82) is 0 Å². The number of benzene rings is 1. The van der Waals surface area contributed by atoms with Crippen molar-refractivity contribution in [3.05, 3.63) is 41.0 Å². The summed E-state index contributed by atoms with van der Waals surface area (Å²) in [6.07, 6.45) is 11.3. The van der Waals surface area contributed by atoms with Gasteiger partial charge in [-0.15, -0.1) is 0 Å². The fourth-order valence-corrected chi connectivity index (χ4v) is 11.7. The highest BCUT2D eigenvalue weighted by molar-refractivity contribution is 6.04. The average Bonchev–Trinajstić information content (AvgIpc) is 2.91. The molecule has 5 aliphatic carbocycles. The Kier molecular flexibility index (Phi) is 6.48. The van der Waals surface area contributed by atoms with Gasteiger partial charge in [-0.1, -0.05) is 60.1 Å². The number of carboxylic acid groups (broad SMARTS) is 1. The predicted molar refractivity (Wildman–Crippen MR) is 165 cm³/mol. The molecule has 1 aromatic rings. The van der Waals surface area contributed by atoms with Crippen molar-refractivity contribution < 1.29 is 24.9 Å². The first-order valence-electron chi connectivity index (χ1n) is 16.2. The highest BCUT2D eigenvalue weighted by Gasteiger charge is 2.70. The Morgan fingerprint density at radius 3 is 2.36 bits per heavy atom. The van der Waals surface area contributed by atoms with Gasteiger partial charge in [-0.2, -0.15) is 0 Å². The van der Waals surface area contributed by atoms with Crippen LogP contribution in [0.4, 0.5) is 0 Å². The molecule has 0 heterocycles. The van der Waals surface area contributed by atoms with Crippen LogP contribution in [-0.2, 0) is 9.59 Å². The normalized spacial score (nSPS) is 45.2.